The van der Waals surface area contributed by atoms with Gasteiger partial charge in [0.05, 0.1) is 5.02 Å². The number of pyridine rings is 1. The van der Waals surface area contributed by atoms with Crippen LogP contribution >= 0.6 is 11.6 Å². The molecule has 0 aliphatic heterocycles. The standard InChI is InChI=1S/C16H16ClFN2O2/c17-14-5-4-12(8-15(14)18)16(22)20-9-11(10-21)7-13-3-1-2-6-19-13/h1-6,8,11,21H,7,9-10H2,(H,20,22). The van der Waals surface area contributed by atoms with Gasteiger partial charge in [-0.3, -0.25) is 9.78 Å². The summed E-state index contributed by atoms with van der Waals surface area (Å²) in [5.74, 6) is -1.20. The fraction of sp³-hybridized carbons (Fsp3) is 0.250. The smallest absolute Gasteiger partial charge is 0.251 e. The van der Waals surface area contributed by atoms with Gasteiger partial charge in [0.15, 0.2) is 0 Å². The number of carbonyl (C=O) groups excluding carboxylic acids is 1. The number of carbonyl (C=O) groups is 1. The topological polar surface area (TPSA) is 62.2 Å². The monoisotopic (exact) mass is 322 g/mol. The van der Waals surface area contributed by atoms with Crippen molar-refractivity contribution in [3.63, 3.8) is 0 Å². The van der Waals surface area contributed by atoms with E-state index in [1.54, 1.807) is 6.20 Å². The van der Waals surface area contributed by atoms with Crippen molar-refractivity contribution in [2.75, 3.05) is 13.2 Å². The Morgan fingerprint density at radius 2 is 2.18 bits per heavy atom. The number of hydrogen-bond donors (Lipinski definition) is 2. The summed E-state index contributed by atoms with van der Waals surface area (Å²) in [6.45, 7) is 0.196. The van der Waals surface area contributed by atoms with Crippen LogP contribution in [0.3, 0.4) is 0 Å². The first-order valence-electron chi connectivity index (χ1n) is 6.84. The predicted molar refractivity (Wildman–Crippen MR) is 82.3 cm³/mol. The van der Waals surface area contributed by atoms with Gasteiger partial charge in [0.1, 0.15) is 5.82 Å². The molecule has 0 aliphatic rings. The van der Waals surface area contributed by atoms with E-state index < -0.39 is 11.7 Å². The zero-order chi connectivity index (χ0) is 15.9. The number of halogens is 2. The van der Waals surface area contributed by atoms with Crippen LogP contribution in [0.5, 0.6) is 0 Å². The van der Waals surface area contributed by atoms with E-state index in [0.717, 1.165) is 11.8 Å². The third-order valence-corrected chi connectivity index (χ3v) is 3.52. The molecule has 116 valence electrons. The summed E-state index contributed by atoms with van der Waals surface area (Å²) in [7, 11) is 0. The summed E-state index contributed by atoms with van der Waals surface area (Å²) >= 11 is 5.58. The van der Waals surface area contributed by atoms with Crippen LogP contribution in [0.4, 0.5) is 4.39 Å². The maximum absolute atomic E-state index is 13.3. The summed E-state index contributed by atoms with van der Waals surface area (Å²) in [6.07, 6.45) is 2.23. The van der Waals surface area contributed by atoms with Crippen molar-refractivity contribution in [2.24, 2.45) is 5.92 Å². The lowest BCUT2D eigenvalue weighted by Crippen LogP contribution is -2.32. The molecule has 22 heavy (non-hydrogen) atoms. The zero-order valence-corrected chi connectivity index (χ0v) is 12.6. The highest BCUT2D eigenvalue weighted by Crippen LogP contribution is 2.15. The number of amides is 1. The largest absolute Gasteiger partial charge is 0.396 e. The lowest BCUT2D eigenvalue weighted by molar-refractivity contribution is 0.0939. The highest BCUT2D eigenvalue weighted by molar-refractivity contribution is 6.30. The van der Waals surface area contributed by atoms with Gasteiger partial charge in [0.25, 0.3) is 5.91 Å². The van der Waals surface area contributed by atoms with E-state index in [1.807, 2.05) is 18.2 Å². The molecule has 1 amide bonds. The molecule has 2 N–H and O–H groups in total. The van der Waals surface area contributed by atoms with Crippen LogP contribution in [0, 0.1) is 11.7 Å². The maximum Gasteiger partial charge on any atom is 0.251 e. The van der Waals surface area contributed by atoms with Crippen LogP contribution in [0.15, 0.2) is 42.6 Å². The summed E-state index contributed by atoms with van der Waals surface area (Å²) in [5, 5.41) is 12.0. The van der Waals surface area contributed by atoms with Crippen LogP contribution in [0.1, 0.15) is 16.1 Å². The molecule has 1 aromatic heterocycles. The third-order valence-electron chi connectivity index (χ3n) is 3.22. The minimum Gasteiger partial charge on any atom is -0.396 e. The number of nitrogens with one attached hydrogen (secondary N) is 1. The number of aliphatic hydroxyl groups excluding tert-OH is 1. The molecule has 0 spiro atoms. The van der Waals surface area contributed by atoms with Crippen molar-refractivity contribution in [3.05, 3.63) is 64.7 Å². The summed E-state index contributed by atoms with van der Waals surface area (Å²) < 4.78 is 13.3. The molecule has 1 heterocycles. The molecule has 0 saturated heterocycles. The molecule has 2 aromatic rings. The van der Waals surface area contributed by atoms with Crippen molar-refractivity contribution >= 4 is 17.5 Å². The zero-order valence-electron chi connectivity index (χ0n) is 11.8. The van der Waals surface area contributed by atoms with E-state index in [-0.39, 0.29) is 29.7 Å². The molecule has 0 fully saturated rings. The van der Waals surface area contributed by atoms with Gasteiger partial charge in [-0.15, -0.1) is 0 Å². The van der Waals surface area contributed by atoms with Gasteiger partial charge in [-0.05, 0) is 36.8 Å². The number of nitrogens with zero attached hydrogens (tertiary/aromatic N) is 1. The van der Waals surface area contributed by atoms with E-state index in [2.05, 4.69) is 10.3 Å². The van der Waals surface area contributed by atoms with E-state index >= 15 is 0 Å². The molecular formula is C16H16ClFN2O2. The van der Waals surface area contributed by atoms with Gasteiger partial charge in [-0.1, -0.05) is 17.7 Å². The Labute approximate surface area is 133 Å². The number of benzene rings is 1. The normalized spacial score (nSPS) is 12.0. The molecule has 0 radical (unpaired) electrons. The average molecular weight is 323 g/mol. The van der Waals surface area contributed by atoms with Crippen LogP contribution in [0.2, 0.25) is 5.02 Å². The van der Waals surface area contributed by atoms with Gasteiger partial charge < -0.3 is 10.4 Å². The maximum atomic E-state index is 13.3. The Kier molecular flexibility index (Phi) is 5.86. The Morgan fingerprint density at radius 1 is 1.36 bits per heavy atom. The molecule has 2 rings (SSSR count). The number of rotatable bonds is 6. The second-order valence-corrected chi connectivity index (χ2v) is 5.32. The predicted octanol–water partition coefficient (Wildman–Crippen LogP) is 2.46. The van der Waals surface area contributed by atoms with E-state index in [0.29, 0.717) is 6.42 Å². The molecule has 1 aromatic carbocycles. The average Bonchev–Trinajstić information content (AvgIpc) is 2.54. The molecule has 0 saturated carbocycles. The van der Waals surface area contributed by atoms with Gasteiger partial charge in [-0.25, -0.2) is 4.39 Å². The van der Waals surface area contributed by atoms with E-state index in [9.17, 15) is 14.3 Å². The second-order valence-electron chi connectivity index (χ2n) is 4.91. The molecular weight excluding hydrogens is 307 g/mol. The Bertz CT molecular complexity index is 637. The number of hydrogen-bond acceptors (Lipinski definition) is 3. The van der Waals surface area contributed by atoms with Crippen LogP contribution in [0.25, 0.3) is 0 Å². The van der Waals surface area contributed by atoms with Gasteiger partial charge in [0, 0.05) is 36.5 Å². The van der Waals surface area contributed by atoms with Crippen LogP contribution in [-0.4, -0.2) is 29.1 Å². The molecule has 1 unspecified atom stereocenters. The minimum absolute atomic E-state index is 0.0278. The summed E-state index contributed by atoms with van der Waals surface area (Å²) in [5.41, 5.74) is 1.03. The van der Waals surface area contributed by atoms with Crippen molar-refractivity contribution in [3.8, 4) is 0 Å². The Hall–Kier alpha value is -1.98. The first-order valence-corrected chi connectivity index (χ1v) is 7.22. The van der Waals surface area contributed by atoms with Crippen molar-refractivity contribution in [1.82, 2.24) is 10.3 Å². The van der Waals surface area contributed by atoms with Crippen molar-refractivity contribution < 1.29 is 14.3 Å². The summed E-state index contributed by atoms with van der Waals surface area (Å²) in [4.78, 5) is 16.1. The molecule has 6 heteroatoms. The first-order chi connectivity index (χ1) is 10.6. The van der Waals surface area contributed by atoms with Crippen molar-refractivity contribution in [1.29, 1.82) is 0 Å². The van der Waals surface area contributed by atoms with Crippen molar-refractivity contribution in [2.45, 2.75) is 6.42 Å². The lowest BCUT2D eigenvalue weighted by Gasteiger charge is -2.14. The highest BCUT2D eigenvalue weighted by Gasteiger charge is 2.13. The quantitative estimate of drug-likeness (QED) is 0.858. The van der Waals surface area contributed by atoms with Gasteiger partial charge >= 0.3 is 0 Å². The number of aliphatic hydroxyl groups is 1. The highest BCUT2D eigenvalue weighted by atomic mass is 35.5. The second kappa shape index (κ2) is 7.87. The molecule has 0 bridgehead atoms. The fourth-order valence-electron chi connectivity index (χ4n) is 1.99. The number of aromatic nitrogens is 1. The Morgan fingerprint density at radius 3 is 2.82 bits per heavy atom. The van der Waals surface area contributed by atoms with Crippen LogP contribution in [-0.2, 0) is 6.42 Å². The van der Waals surface area contributed by atoms with Gasteiger partial charge in [0.2, 0.25) is 0 Å². The molecule has 0 aliphatic carbocycles. The molecule has 1 atom stereocenters. The Balaban J connectivity index is 1.92. The van der Waals surface area contributed by atoms with Crippen LogP contribution < -0.4 is 5.32 Å². The summed E-state index contributed by atoms with van der Waals surface area (Å²) in [6, 6.07) is 9.42. The first kappa shape index (κ1) is 16.4. The van der Waals surface area contributed by atoms with E-state index in [1.165, 1.54) is 12.1 Å². The molecule has 4 nitrogen and oxygen atoms in total. The van der Waals surface area contributed by atoms with Gasteiger partial charge in [-0.2, -0.15) is 0 Å². The minimum atomic E-state index is -0.637. The fourth-order valence-corrected chi connectivity index (χ4v) is 2.11. The lowest BCUT2D eigenvalue weighted by atomic mass is 10.0. The SMILES string of the molecule is O=C(NCC(CO)Cc1ccccn1)c1ccc(Cl)c(F)c1. The van der Waals surface area contributed by atoms with E-state index in [4.69, 9.17) is 11.6 Å². The third kappa shape index (κ3) is 4.51.